The second kappa shape index (κ2) is 7.49. The van der Waals surface area contributed by atoms with Gasteiger partial charge in [0.1, 0.15) is 11.4 Å². The molecule has 1 aromatic carbocycles. The monoisotopic (exact) mass is 357 g/mol. The van der Waals surface area contributed by atoms with Gasteiger partial charge in [0.2, 0.25) is 0 Å². The van der Waals surface area contributed by atoms with Gasteiger partial charge in [-0.1, -0.05) is 12.1 Å². The zero-order valence-electron chi connectivity index (χ0n) is 16.8. The molecule has 2 fully saturated rings. The van der Waals surface area contributed by atoms with Crippen LogP contribution in [0.15, 0.2) is 18.2 Å². The van der Waals surface area contributed by atoms with Crippen molar-refractivity contribution < 1.29 is 4.74 Å². The predicted octanol–water partition coefficient (Wildman–Crippen LogP) is 3.05. The van der Waals surface area contributed by atoms with Gasteiger partial charge in [-0.3, -0.25) is 0 Å². The molecular weight excluding hydrogens is 322 g/mol. The molecule has 3 aliphatic rings. The molecule has 0 radical (unpaired) electrons. The van der Waals surface area contributed by atoms with E-state index in [9.17, 15) is 0 Å². The Morgan fingerprint density at radius 2 is 1.81 bits per heavy atom. The first kappa shape index (κ1) is 18.3. The summed E-state index contributed by atoms with van der Waals surface area (Å²) in [5, 5.41) is 3.80. The van der Waals surface area contributed by atoms with E-state index in [0.717, 1.165) is 24.8 Å². The zero-order chi connectivity index (χ0) is 18.1. The Bertz CT molecular complexity index is 614. The topological polar surface area (TPSA) is 27.7 Å². The summed E-state index contributed by atoms with van der Waals surface area (Å²) in [6.07, 6.45) is 6.29. The molecule has 3 heterocycles. The minimum absolute atomic E-state index is 0.0465. The Hall–Kier alpha value is -1.10. The van der Waals surface area contributed by atoms with Crippen molar-refractivity contribution in [2.45, 2.75) is 70.2 Å². The maximum Gasteiger partial charge on any atom is 0.123 e. The Morgan fingerprint density at radius 3 is 2.54 bits per heavy atom. The Morgan fingerprint density at radius 1 is 1.08 bits per heavy atom. The molecule has 0 spiro atoms. The minimum Gasteiger partial charge on any atom is -0.487 e. The smallest absolute Gasteiger partial charge is 0.123 e. The second-order valence-corrected chi connectivity index (χ2v) is 9.21. The fourth-order valence-corrected chi connectivity index (χ4v) is 4.86. The summed E-state index contributed by atoms with van der Waals surface area (Å²) in [5.74, 6) is 1.07. The summed E-state index contributed by atoms with van der Waals surface area (Å²) in [6.45, 7) is 10.4. The molecule has 0 unspecified atom stereocenters. The van der Waals surface area contributed by atoms with Gasteiger partial charge in [0.15, 0.2) is 0 Å². The lowest BCUT2D eigenvalue weighted by atomic mass is 9.97. The molecule has 0 aromatic heterocycles. The summed E-state index contributed by atoms with van der Waals surface area (Å²) in [7, 11) is 2.25. The van der Waals surface area contributed by atoms with Gasteiger partial charge >= 0.3 is 0 Å². The number of hydrogen-bond acceptors (Lipinski definition) is 4. The number of likely N-dealkylation sites (tertiary alicyclic amines) is 2. The van der Waals surface area contributed by atoms with Gasteiger partial charge in [-0.15, -0.1) is 0 Å². The molecule has 1 aromatic rings. The minimum atomic E-state index is -0.0465. The molecule has 0 bridgehead atoms. The van der Waals surface area contributed by atoms with Crippen molar-refractivity contribution >= 4 is 0 Å². The largest absolute Gasteiger partial charge is 0.487 e. The molecule has 144 valence electrons. The average Bonchev–Trinajstić information content (AvgIpc) is 2.94. The van der Waals surface area contributed by atoms with Gasteiger partial charge in [-0.05, 0) is 90.0 Å². The first-order chi connectivity index (χ1) is 12.5. The van der Waals surface area contributed by atoms with Gasteiger partial charge in [0, 0.05) is 25.0 Å². The fraction of sp³-hybridized carbons (Fsp3) is 0.727. The highest BCUT2D eigenvalue weighted by Gasteiger charge is 2.30. The molecule has 4 heteroatoms. The van der Waals surface area contributed by atoms with Crippen LogP contribution in [0.4, 0.5) is 0 Å². The van der Waals surface area contributed by atoms with Crippen molar-refractivity contribution in [3.05, 3.63) is 29.3 Å². The van der Waals surface area contributed by atoms with Crippen molar-refractivity contribution in [3.63, 3.8) is 0 Å². The van der Waals surface area contributed by atoms with Crippen LogP contribution >= 0.6 is 0 Å². The van der Waals surface area contributed by atoms with E-state index in [0.29, 0.717) is 6.04 Å². The van der Waals surface area contributed by atoms with Crippen LogP contribution in [0, 0.1) is 0 Å². The number of piperidine rings is 2. The highest BCUT2D eigenvalue weighted by atomic mass is 16.5. The average molecular weight is 358 g/mol. The summed E-state index contributed by atoms with van der Waals surface area (Å²) in [4.78, 5) is 5.22. The highest BCUT2D eigenvalue weighted by molar-refractivity contribution is 5.41. The van der Waals surface area contributed by atoms with Gasteiger partial charge in [-0.2, -0.15) is 0 Å². The van der Waals surface area contributed by atoms with Gasteiger partial charge < -0.3 is 19.9 Å². The van der Waals surface area contributed by atoms with Gasteiger partial charge in [0.05, 0.1) is 0 Å². The fourth-order valence-electron chi connectivity index (χ4n) is 4.86. The third kappa shape index (κ3) is 4.24. The van der Waals surface area contributed by atoms with E-state index in [1.54, 1.807) is 0 Å². The molecule has 26 heavy (non-hydrogen) atoms. The Balaban J connectivity index is 1.23. The molecule has 0 atom stereocenters. The van der Waals surface area contributed by atoms with E-state index >= 15 is 0 Å². The van der Waals surface area contributed by atoms with Crippen LogP contribution in [0.5, 0.6) is 5.75 Å². The maximum absolute atomic E-state index is 5.99. The van der Waals surface area contributed by atoms with E-state index in [1.165, 1.54) is 63.0 Å². The number of nitrogens with one attached hydrogen (secondary N) is 1. The van der Waals surface area contributed by atoms with E-state index in [1.807, 2.05) is 0 Å². The second-order valence-electron chi connectivity index (χ2n) is 9.21. The lowest BCUT2D eigenvalue weighted by molar-refractivity contribution is 0.0921. The van der Waals surface area contributed by atoms with Gasteiger partial charge in [-0.25, -0.2) is 0 Å². The van der Waals surface area contributed by atoms with Crippen LogP contribution in [0.1, 0.15) is 50.7 Å². The van der Waals surface area contributed by atoms with Gasteiger partial charge in [0.25, 0.3) is 0 Å². The summed E-state index contributed by atoms with van der Waals surface area (Å²) >= 11 is 0. The maximum atomic E-state index is 5.99. The first-order valence-corrected chi connectivity index (χ1v) is 10.5. The Labute approximate surface area is 158 Å². The van der Waals surface area contributed by atoms with E-state index in [-0.39, 0.29) is 5.60 Å². The molecular formula is C22H35N3O. The van der Waals surface area contributed by atoms with Crippen LogP contribution in [0.25, 0.3) is 0 Å². The number of benzene rings is 1. The van der Waals surface area contributed by atoms with Crippen molar-refractivity contribution in [3.8, 4) is 5.75 Å². The van der Waals surface area contributed by atoms with Crippen LogP contribution in [-0.2, 0) is 13.0 Å². The van der Waals surface area contributed by atoms with Crippen LogP contribution < -0.4 is 10.1 Å². The summed E-state index contributed by atoms with van der Waals surface area (Å²) in [5.41, 5.74) is 2.71. The molecule has 3 aliphatic heterocycles. The molecule has 4 nitrogen and oxygen atoms in total. The number of ether oxygens (including phenoxy) is 1. The van der Waals surface area contributed by atoms with E-state index in [2.05, 4.69) is 54.2 Å². The van der Waals surface area contributed by atoms with E-state index < -0.39 is 0 Å². The quantitative estimate of drug-likeness (QED) is 0.896. The standard InChI is InChI=1S/C22H35N3O/c1-22(2)15-18-14-17(4-5-21(18)26-22)16-23-19-6-12-25(13-7-19)20-8-10-24(3)11-9-20/h4-5,14,19-20,23H,6-13,15-16H2,1-3H3. The third-order valence-electron chi connectivity index (χ3n) is 6.46. The number of hydrogen-bond donors (Lipinski definition) is 1. The van der Waals surface area contributed by atoms with Crippen LogP contribution in [0.2, 0.25) is 0 Å². The van der Waals surface area contributed by atoms with E-state index in [4.69, 9.17) is 4.74 Å². The van der Waals surface area contributed by atoms with Crippen molar-refractivity contribution in [2.24, 2.45) is 0 Å². The van der Waals surface area contributed by atoms with Crippen molar-refractivity contribution in [1.29, 1.82) is 0 Å². The first-order valence-electron chi connectivity index (χ1n) is 10.5. The lowest BCUT2D eigenvalue weighted by Crippen LogP contribution is -2.49. The summed E-state index contributed by atoms with van der Waals surface area (Å²) < 4.78 is 5.99. The number of fused-ring (bicyclic) bond motifs is 1. The zero-order valence-corrected chi connectivity index (χ0v) is 16.8. The number of nitrogens with zero attached hydrogens (tertiary/aromatic N) is 2. The predicted molar refractivity (Wildman–Crippen MR) is 107 cm³/mol. The third-order valence-corrected chi connectivity index (χ3v) is 6.46. The lowest BCUT2D eigenvalue weighted by Gasteiger charge is -2.41. The number of rotatable bonds is 4. The van der Waals surface area contributed by atoms with Crippen LogP contribution in [-0.4, -0.2) is 60.7 Å². The SMILES string of the molecule is CN1CCC(N2CCC(NCc3ccc4c(c3)CC(C)(C)O4)CC2)CC1. The van der Waals surface area contributed by atoms with Crippen molar-refractivity contribution in [1.82, 2.24) is 15.1 Å². The highest BCUT2D eigenvalue weighted by Crippen LogP contribution is 2.35. The van der Waals surface area contributed by atoms with Crippen LogP contribution in [0.3, 0.4) is 0 Å². The molecule has 4 rings (SSSR count). The summed E-state index contributed by atoms with van der Waals surface area (Å²) in [6, 6.07) is 8.21. The molecule has 0 saturated carbocycles. The molecule has 1 N–H and O–H groups in total. The normalized spacial score (nSPS) is 25.2. The molecule has 0 aliphatic carbocycles. The molecule has 0 amide bonds. The molecule has 2 saturated heterocycles. The van der Waals surface area contributed by atoms with Crippen molar-refractivity contribution in [2.75, 3.05) is 33.2 Å². The Kier molecular flexibility index (Phi) is 5.27.